The van der Waals surface area contributed by atoms with E-state index in [9.17, 15) is 8.42 Å². The third kappa shape index (κ3) is 2.73. The number of hydrogen-bond acceptors (Lipinski definition) is 3. The van der Waals surface area contributed by atoms with Gasteiger partial charge in [0.25, 0.3) is 0 Å². The summed E-state index contributed by atoms with van der Waals surface area (Å²) in [5, 5.41) is 0. The summed E-state index contributed by atoms with van der Waals surface area (Å²) in [5.41, 5.74) is 5.05. The van der Waals surface area contributed by atoms with Crippen molar-refractivity contribution in [3.8, 4) is 0 Å². The lowest BCUT2D eigenvalue weighted by Crippen LogP contribution is -2.55. The molecule has 2 aliphatic rings. The third-order valence-corrected chi connectivity index (χ3v) is 5.43. The van der Waals surface area contributed by atoms with E-state index < -0.39 is 15.6 Å². The molecule has 2 rings (SSSR count). The third-order valence-electron chi connectivity index (χ3n) is 3.43. The van der Waals surface area contributed by atoms with Gasteiger partial charge in [-0.1, -0.05) is 25.1 Å². The minimum Gasteiger partial charge on any atom is -0.392 e. The number of nitrogens with two attached hydrogens (primary N) is 1. The zero-order chi connectivity index (χ0) is 11.8. The van der Waals surface area contributed by atoms with Gasteiger partial charge in [0, 0.05) is 0 Å². The van der Waals surface area contributed by atoms with Crippen LogP contribution in [0.25, 0.3) is 0 Å². The highest BCUT2D eigenvalue weighted by molar-refractivity contribution is 7.89. The van der Waals surface area contributed by atoms with E-state index in [1.54, 1.807) is 0 Å². The van der Waals surface area contributed by atoms with Gasteiger partial charge in [0.05, 0.1) is 16.3 Å². The Labute approximate surface area is 102 Å². The van der Waals surface area contributed by atoms with Gasteiger partial charge in [-0.25, -0.2) is 13.1 Å². The van der Waals surface area contributed by atoms with Crippen molar-refractivity contribution in [2.45, 2.75) is 44.1 Å². The molecule has 0 aromatic carbocycles. The van der Waals surface area contributed by atoms with E-state index in [1.807, 2.05) is 0 Å². The fourth-order valence-electron chi connectivity index (χ4n) is 2.31. The Balaban J connectivity index is 2.07. The smallest absolute Gasteiger partial charge is 0.212 e. The molecule has 2 fully saturated rings. The van der Waals surface area contributed by atoms with Crippen LogP contribution >= 0.6 is 12.2 Å². The fourth-order valence-corrected chi connectivity index (χ4v) is 4.58. The van der Waals surface area contributed by atoms with Gasteiger partial charge in [0.1, 0.15) is 0 Å². The van der Waals surface area contributed by atoms with Gasteiger partial charge < -0.3 is 5.73 Å². The number of sulfonamides is 1. The predicted octanol–water partition coefficient (Wildman–Crippen LogP) is 0.915. The quantitative estimate of drug-likeness (QED) is 0.723. The average molecular weight is 262 g/mol. The van der Waals surface area contributed by atoms with Crippen LogP contribution in [0.4, 0.5) is 0 Å². The number of thiocarbonyl (C=S) groups is 1. The van der Waals surface area contributed by atoms with Crippen molar-refractivity contribution in [3.05, 3.63) is 0 Å². The molecule has 3 N–H and O–H groups in total. The van der Waals surface area contributed by atoms with Crippen LogP contribution in [0.3, 0.4) is 0 Å². The van der Waals surface area contributed by atoms with E-state index in [1.165, 1.54) is 0 Å². The lowest BCUT2D eigenvalue weighted by Gasteiger charge is -2.28. The Hall–Kier alpha value is -0.200. The summed E-state index contributed by atoms with van der Waals surface area (Å²) in [7, 11) is -3.22. The molecule has 0 atom stereocenters. The molecule has 2 saturated carbocycles. The predicted molar refractivity (Wildman–Crippen MR) is 67.6 cm³/mol. The van der Waals surface area contributed by atoms with Crippen LogP contribution in [0.1, 0.15) is 38.5 Å². The molecular formula is C10H18N2O2S2. The molecule has 6 heteroatoms. The van der Waals surface area contributed by atoms with E-state index in [0.29, 0.717) is 10.9 Å². The van der Waals surface area contributed by atoms with Crippen LogP contribution in [0, 0.1) is 5.92 Å². The summed E-state index contributed by atoms with van der Waals surface area (Å²) in [4.78, 5) is 0.296. The maximum absolute atomic E-state index is 11.9. The lowest BCUT2D eigenvalue weighted by molar-refractivity contribution is 0.501. The van der Waals surface area contributed by atoms with E-state index in [-0.39, 0.29) is 5.75 Å². The zero-order valence-electron chi connectivity index (χ0n) is 9.24. The van der Waals surface area contributed by atoms with Crippen molar-refractivity contribution in [2.24, 2.45) is 11.7 Å². The number of hydrogen-bond donors (Lipinski definition) is 2. The topological polar surface area (TPSA) is 72.2 Å². The fraction of sp³-hybridized carbons (Fsp3) is 0.900. The molecule has 2 aliphatic carbocycles. The normalized spacial score (nSPS) is 24.5. The molecule has 0 spiro atoms. The van der Waals surface area contributed by atoms with E-state index in [2.05, 4.69) is 4.72 Å². The van der Waals surface area contributed by atoms with Gasteiger partial charge in [0.2, 0.25) is 10.0 Å². The molecular weight excluding hydrogens is 244 g/mol. The van der Waals surface area contributed by atoms with Crippen molar-refractivity contribution >= 4 is 27.2 Å². The van der Waals surface area contributed by atoms with Crippen molar-refractivity contribution in [3.63, 3.8) is 0 Å². The Morgan fingerprint density at radius 1 is 1.38 bits per heavy atom. The summed E-state index contributed by atoms with van der Waals surface area (Å²) < 4.78 is 26.6. The number of nitrogens with one attached hydrogen (secondary N) is 1. The van der Waals surface area contributed by atoms with Crippen LogP contribution in [-0.4, -0.2) is 24.7 Å². The maximum Gasteiger partial charge on any atom is 0.212 e. The Bertz CT molecular complexity index is 382. The molecule has 0 heterocycles. The summed E-state index contributed by atoms with van der Waals surface area (Å²) in [5.74, 6) is 0.583. The Morgan fingerprint density at radius 3 is 2.38 bits per heavy atom. The molecule has 16 heavy (non-hydrogen) atoms. The molecule has 0 aromatic rings. The van der Waals surface area contributed by atoms with E-state index in [0.717, 1.165) is 38.5 Å². The van der Waals surface area contributed by atoms with E-state index in [4.69, 9.17) is 18.0 Å². The Kier molecular flexibility index (Phi) is 3.25. The van der Waals surface area contributed by atoms with Gasteiger partial charge in [-0.3, -0.25) is 0 Å². The Morgan fingerprint density at radius 2 is 1.94 bits per heavy atom. The second kappa shape index (κ2) is 4.23. The molecule has 0 aliphatic heterocycles. The second-order valence-electron chi connectivity index (χ2n) is 4.98. The molecule has 92 valence electrons. The summed E-state index contributed by atoms with van der Waals surface area (Å²) in [6.45, 7) is 0. The van der Waals surface area contributed by atoms with Gasteiger partial charge in [-0.15, -0.1) is 0 Å². The first-order valence-corrected chi connectivity index (χ1v) is 7.81. The van der Waals surface area contributed by atoms with Gasteiger partial charge in [-0.2, -0.15) is 0 Å². The van der Waals surface area contributed by atoms with Crippen LogP contribution in [0.15, 0.2) is 0 Å². The molecule has 0 aromatic heterocycles. The lowest BCUT2D eigenvalue weighted by atomic mass is 10.00. The largest absolute Gasteiger partial charge is 0.392 e. The minimum absolute atomic E-state index is 0.233. The highest BCUT2D eigenvalue weighted by atomic mass is 32.2. The van der Waals surface area contributed by atoms with Crippen molar-refractivity contribution in [1.82, 2.24) is 4.72 Å². The van der Waals surface area contributed by atoms with Crippen LogP contribution < -0.4 is 10.5 Å². The molecule has 0 bridgehead atoms. The van der Waals surface area contributed by atoms with Crippen LogP contribution in [0.2, 0.25) is 0 Å². The first kappa shape index (κ1) is 12.3. The van der Waals surface area contributed by atoms with Gasteiger partial charge in [0.15, 0.2) is 0 Å². The monoisotopic (exact) mass is 262 g/mol. The average Bonchev–Trinajstić information content (AvgIpc) is 2.80. The maximum atomic E-state index is 11.9. The van der Waals surface area contributed by atoms with E-state index >= 15 is 0 Å². The first-order valence-electron chi connectivity index (χ1n) is 5.75. The molecule has 0 radical (unpaired) electrons. The number of rotatable bonds is 5. The van der Waals surface area contributed by atoms with Gasteiger partial charge >= 0.3 is 0 Å². The summed E-state index contributed by atoms with van der Waals surface area (Å²) in [6.07, 6.45) is 5.52. The minimum atomic E-state index is -3.22. The molecule has 4 nitrogen and oxygen atoms in total. The highest BCUT2D eigenvalue weighted by Gasteiger charge is 2.41. The van der Waals surface area contributed by atoms with Crippen LogP contribution in [-0.2, 0) is 10.0 Å². The van der Waals surface area contributed by atoms with Crippen molar-refractivity contribution < 1.29 is 8.42 Å². The first-order chi connectivity index (χ1) is 7.44. The van der Waals surface area contributed by atoms with Gasteiger partial charge in [-0.05, 0) is 31.6 Å². The highest BCUT2D eigenvalue weighted by Crippen LogP contribution is 2.33. The van der Waals surface area contributed by atoms with Crippen LogP contribution in [0.5, 0.6) is 0 Å². The molecule has 0 amide bonds. The standard InChI is InChI=1S/C10H18N2O2S2/c11-9(15)10(5-1-2-6-10)12-16(13,14)7-8-3-4-8/h8,12H,1-7H2,(H2,11,15). The molecule has 0 saturated heterocycles. The summed E-state index contributed by atoms with van der Waals surface area (Å²) in [6, 6.07) is 0. The summed E-state index contributed by atoms with van der Waals surface area (Å²) >= 11 is 5.02. The second-order valence-corrected chi connectivity index (χ2v) is 7.19. The SMILES string of the molecule is NC(=S)C1(NS(=O)(=O)CC2CC2)CCCC1. The molecule has 0 unspecified atom stereocenters. The van der Waals surface area contributed by atoms with Crippen molar-refractivity contribution in [2.75, 3.05) is 5.75 Å². The zero-order valence-corrected chi connectivity index (χ0v) is 10.9. The van der Waals surface area contributed by atoms with Crippen molar-refractivity contribution in [1.29, 1.82) is 0 Å².